The first-order valence-corrected chi connectivity index (χ1v) is 4.07. The van der Waals surface area contributed by atoms with Crippen molar-refractivity contribution in [1.29, 1.82) is 5.41 Å². The molecule has 0 spiro atoms. The van der Waals surface area contributed by atoms with Crippen molar-refractivity contribution in [2.45, 2.75) is 19.9 Å². The van der Waals surface area contributed by atoms with Crippen molar-refractivity contribution in [2.24, 2.45) is 11.8 Å². The molecule has 0 aromatic rings. The van der Waals surface area contributed by atoms with Crippen LogP contribution in [0.4, 0.5) is 0 Å². The fourth-order valence-electron chi connectivity index (χ4n) is 1.79. The van der Waals surface area contributed by atoms with Crippen LogP contribution in [0.25, 0.3) is 0 Å². The predicted octanol–water partition coefficient (Wildman–Crippen LogP) is 1.74. The second kappa shape index (κ2) is 3.07. The van der Waals surface area contributed by atoms with Crippen LogP contribution in [-0.4, -0.2) is 24.2 Å². The third-order valence-corrected chi connectivity index (χ3v) is 2.28. The summed E-state index contributed by atoms with van der Waals surface area (Å²) in [5, 5.41) is 7.21. The molecule has 0 aromatic carbocycles. The van der Waals surface area contributed by atoms with Gasteiger partial charge in [-0.3, -0.25) is 0 Å². The number of hydrogen-bond donors (Lipinski definition) is 1. The van der Waals surface area contributed by atoms with E-state index >= 15 is 0 Å². The van der Waals surface area contributed by atoms with Crippen LogP contribution < -0.4 is 0 Å². The summed E-state index contributed by atoms with van der Waals surface area (Å²) in [4.78, 5) is 2.19. The molecule has 11 heavy (non-hydrogen) atoms. The Kier molecular flexibility index (Phi) is 2.32. The Hall–Kier alpha value is -0.790. The highest BCUT2D eigenvalue weighted by Gasteiger charge is 2.27. The Balaban J connectivity index is 2.69. The first kappa shape index (κ1) is 8.31. The van der Waals surface area contributed by atoms with Crippen LogP contribution in [0, 0.1) is 17.2 Å². The van der Waals surface area contributed by atoms with Gasteiger partial charge < -0.3 is 10.3 Å². The summed E-state index contributed by atoms with van der Waals surface area (Å²) < 4.78 is 0. The van der Waals surface area contributed by atoms with Crippen LogP contribution in [0.5, 0.6) is 0 Å². The van der Waals surface area contributed by atoms with Gasteiger partial charge in [-0.1, -0.05) is 19.9 Å². The summed E-state index contributed by atoms with van der Waals surface area (Å²) in [6.07, 6.45) is 5.70. The molecule has 0 bridgehead atoms. The molecular weight excluding hydrogens is 136 g/mol. The molecule has 62 valence electrons. The molecular formula is C9H16N2. The topological polar surface area (TPSA) is 27.1 Å². The normalized spacial score (nSPS) is 30.0. The quantitative estimate of drug-likeness (QED) is 0.599. The largest absolute Gasteiger partial charge is 0.376 e. The van der Waals surface area contributed by atoms with Gasteiger partial charge >= 0.3 is 0 Å². The minimum absolute atomic E-state index is 0.319. The van der Waals surface area contributed by atoms with Crippen LogP contribution in [0.1, 0.15) is 13.8 Å². The lowest BCUT2D eigenvalue weighted by atomic mass is 9.93. The first-order chi connectivity index (χ1) is 5.16. The highest BCUT2D eigenvalue weighted by molar-refractivity contribution is 5.61. The Labute approximate surface area is 68.4 Å². The molecule has 0 fully saturated rings. The zero-order valence-electron chi connectivity index (χ0n) is 7.41. The minimum Gasteiger partial charge on any atom is -0.376 e. The first-order valence-electron chi connectivity index (χ1n) is 4.07. The Morgan fingerprint density at radius 1 is 1.55 bits per heavy atom. The van der Waals surface area contributed by atoms with Crippen molar-refractivity contribution in [3.8, 4) is 0 Å². The van der Waals surface area contributed by atoms with E-state index in [-0.39, 0.29) is 0 Å². The summed E-state index contributed by atoms with van der Waals surface area (Å²) in [6.45, 7) is 4.40. The molecule has 1 aliphatic heterocycles. The van der Waals surface area contributed by atoms with Crippen LogP contribution >= 0.6 is 0 Å². The van der Waals surface area contributed by atoms with Crippen molar-refractivity contribution >= 4 is 6.21 Å². The second-order valence-electron chi connectivity index (χ2n) is 3.49. The molecule has 0 saturated heterocycles. The molecule has 2 nitrogen and oxygen atoms in total. The van der Waals surface area contributed by atoms with E-state index in [1.165, 1.54) is 6.21 Å². The highest BCUT2D eigenvalue weighted by Crippen LogP contribution is 2.24. The summed E-state index contributed by atoms with van der Waals surface area (Å²) in [6, 6.07) is 0.493. The van der Waals surface area contributed by atoms with Crippen molar-refractivity contribution in [3.05, 3.63) is 12.3 Å². The van der Waals surface area contributed by atoms with Gasteiger partial charge in [-0.15, -0.1) is 0 Å². The molecule has 0 aromatic heterocycles. The van der Waals surface area contributed by atoms with Crippen LogP contribution in [-0.2, 0) is 0 Å². The van der Waals surface area contributed by atoms with Gasteiger partial charge in [0.25, 0.3) is 0 Å². The fourth-order valence-corrected chi connectivity index (χ4v) is 1.79. The SMILES string of the molecule is CC(C)C1C(C=N)C=CN1C. The molecule has 0 saturated carbocycles. The Morgan fingerprint density at radius 3 is 2.55 bits per heavy atom. The third kappa shape index (κ3) is 1.44. The zero-order valence-corrected chi connectivity index (χ0v) is 7.41. The van der Waals surface area contributed by atoms with Gasteiger partial charge in [-0.2, -0.15) is 0 Å². The molecule has 1 heterocycles. The molecule has 1 rings (SSSR count). The van der Waals surface area contributed by atoms with Crippen molar-refractivity contribution < 1.29 is 0 Å². The summed E-state index contributed by atoms with van der Waals surface area (Å²) in [5.41, 5.74) is 0. The number of hydrogen-bond acceptors (Lipinski definition) is 2. The third-order valence-electron chi connectivity index (χ3n) is 2.28. The van der Waals surface area contributed by atoms with Gasteiger partial charge in [0.05, 0.1) is 0 Å². The highest BCUT2D eigenvalue weighted by atomic mass is 15.1. The number of nitrogens with zero attached hydrogens (tertiary/aromatic N) is 1. The van der Waals surface area contributed by atoms with E-state index in [4.69, 9.17) is 5.41 Å². The molecule has 0 aliphatic carbocycles. The van der Waals surface area contributed by atoms with Gasteiger partial charge in [0.15, 0.2) is 0 Å². The number of nitrogens with one attached hydrogen (secondary N) is 1. The van der Waals surface area contributed by atoms with Gasteiger partial charge in [-0.05, 0) is 12.1 Å². The standard InChI is InChI=1S/C9H16N2/c1-7(2)9-8(6-10)4-5-11(9)3/h4-10H,1-3H3. The van der Waals surface area contributed by atoms with Crippen molar-refractivity contribution in [2.75, 3.05) is 7.05 Å². The average Bonchev–Trinajstić information content (AvgIpc) is 2.30. The molecule has 2 unspecified atom stereocenters. The molecule has 0 radical (unpaired) electrons. The summed E-state index contributed by atoms with van der Waals surface area (Å²) in [7, 11) is 2.07. The van der Waals surface area contributed by atoms with Crippen LogP contribution in [0.3, 0.4) is 0 Å². The lowest BCUT2D eigenvalue weighted by molar-refractivity contribution is 0.261. The van der Waals surface area contributed by atoms with E-state index in [0.29, 0.717) is 17.9 Å². The van der Waals surface area contributed by atoms with Gasteiger partial charge in [0.1, 0.15) is 0 Å². The van der Waals surface area contributed by atoms with E-state index < -0.39 is 0 Å². The van der Waals surface area contributed by atoms with Gasteiger partial charge in [0, 0.05) is 25.2 Å². The molecule has 1 N–H and O–H groups in total. The van der Waals surface area contributed by atoms with Crippen molar-refractivity contribution in [1.82, 2.24) is 4.90 Å². The molecule has 1 aliphatic rings. The van der Waals surface area contributed by atoms with Crippen LogP contribution in [0.15, 0.2) is 12.3 Å². The van der Waals surface area contributed by atoms with E-state index in [1.54, 1.807) is 0 Å². The van der Waals surface area contributed by atoms with E-state index in [9.17, 15) is 0 Å². The lowest BCUT2D eigenvalue weighted by Gasteiger charge is -2.27. The molecule has 2 heteroatoms. The number of rotatable bonds is 2. The second-order valence-corrected chi connectivity index (χ2v) is 3.49. The monoisotopic (exact) mass is 152 g/mol. The lowest BCUT2D eigenvalue weighted by Crippen LogP contribution is -2.34. The van der Waals surface area contributed by atoms with E-state index in [0.717, 1.165) is 0 Å². The van der Waals surface area contributed by atoms with Gasteiger partial charge in [0.2, 0.25) is 0 Å². The Bertz CT molecular complexity index is 172. The molecule has 0 amide bonds. The maximum Gasteiger partial charge on any atom is 0.0416 e. The fraction of sp³-hybridized carbons (Fsp3) is 0.667. The summed E-state index contributed by atoms with van der Waals surface area (Å²) >= 11 is 0. The van der Waals surface area contributed by atoms with E-state index in [1.807, 2.05) is 0 Å². The maximum absolute atomic E-state index is 7.21. The van der Waals surface area contributed by atoms with Crippen molar-refractivity contribution in [3.63, 3.8) is 0 Å². The minimum atomic E-state index is 0.319. The maximum atomic E-state index is 7.21. The average molecular weight is 152 g/mol. The summed E-state index contributed by atoms with van der Waals surface area (Å²) in [5.74, 6) is 0.932. The Morgan fingerprint density at radius 2 is 2.18 bits per heavy atom. The van der Waals surface area contributed by atoms with E-state index in [2.05, 4.69) is 38.1 Å². The predicted molar refractivity (Wildman–Crippen MR) is 47.8 cm³/mol. The molecule has 2 atom stereocenters. The zero-order chi connectivity index (χ0) is 8.43. The van der Waals surface area contributed by atoms with Crippen LogP contribution in [0.2, 0.25) is 0 Å². The smallest absolute Gasteiger partial charge is 0.0416 e. The van der Waals surface area contributed by atoms with Gasteiger partial charge in [-0.25, -0.2) is 0 Å².